The lowest BCUT2D eigenvalue weighted by atomic mass is 9.86. The van der Waals surface area contributed by atoms with Crippen LogP contribution in [0, 0.1) is 11.8 Å². The van der Waals surface area contributed by atoms with Crippen LogP contribution in [0.2, 0.25) is 0 Å². The SMILES string of the molecule is CC(C)C1CCN(c2cc(CO)cc(C(C)(C)C)n2)CC1. The monoisotopic (exact) mass is 290 g/mol. The molecule has 0 bridgehead atoms. The highest BCUT2D eigenvalue weighted by Crippen LogP contribution is 2.29. The molecule has 3 nitrogen and oxygen atoms in total. The van der Waals surface area contributed by atoms with Gasteiger partial charge in [0.2, 0.25) is 0 Å². The van der Waals surface area contributed by atoms with Crippen molar-refractivity contribution in [3.8, 4) is 0 Å². The Balaban J connectivity index is 2.20. The number of hydrogen-bond donors (Lipinski definition) is 1. The second kappa shape index (κ2) is 6.35. The van der Waals surface area contributed by atoms with E-state index in [4.69, 9.17) is 4.98 Å². The lowest BCUT2D eigenvalue weighted by Gasteiger charge is -2.35. The van der Waals surface area contributed by atoms with Crippen molar-refractivity contribution in [2.75, 3.05) is 18.0 Å². The van der Waals surface area contributed by atoms with Gasteiger partial charge >= 0.3 is 0 Å². The van der Waals surface area contributed by atoms with Gasteiger partial charge < -0.3 is 10.0 Å². The minimum Gasteiger partial charge on any atom is -0.392 e. The molecule has 118 valence electrons. The van der Waals surface area contributed by atoms with Crippen molar-refractivity contribution in [1.29, 1.82) is 0 Å². The average molecular weight is 290 g/mol. The van der Waals surface area contributed by atoms with Crippen molar-refractivity contribution in [2.24, 2.45) is 11.8 Å². The highest BCUT2D eigenvalue weighted by atomic mass is 16.3. The number of anilines is 1. The van der Waals surface area contributed by atoms with Crippen molar-refractivity contribution < 1.29 is 5.11 Å². The summed E-state index contributed by atoms with van der Waals surface area (Å²) in [5, 5.41) is 9.52. The zero-order chi connectivity index (χ0) is 15.6. The summed E-state index contributed by atoms with van der Waals surface area (Å²) in [4.78, 5) is 7.24. The molecule has 2 heterocycles. The fourth-order valence-electron chi connectivity index (χ4n) is 3.00. The van der Waals surface area contributed by atoms with E-state index < -0.39 is 0 Å². The predicted octanol–water partition coefficient (Wildman–Crippen LogP) is 3.74. The Morgan fingerprint density at radius 3 is 2.33 bits per heavy atom. The Hall–Kier alpha value is -1.09. The van der Waals surface area contributed by atoms with Crippen molar-refractivity contribution in [3.05, 3.63) is 23.4 Å². The first-order valence-corrected chi connectivity index (χ1v) is 8.18. The summed E-state index contributed by atoms with van der Waals surface area (Å²) in [6.07, 6.45) is 2.49. The van der Waals surface area contributed by atoms with Gasteiger partial charge in [0.05, 0.1) is 6.61 Å². The van der Waals surface area contributed by atoms with Crippen LogP contribution in [0.3, 0.4) is 0 Å². The Kier molecular flexibility index (Phi) is 4.92. The number of aromatic nitrogens is 1. The molecule has 0 radical (unpaired) electrons. The van der Waals surface area contributed by atoms with E-state index >= 15 is 0 Å². The molecule has 0 aliphatic carbocycles. The van der Waals surface area contributed by atoms with Gasteiger partial charge in [-0.1, -0.05) is 34.6 Å². The number of piperidine rings is 1. The third-order valence-corrected chi connectivity index (χ3v) is 4.63. The third kappa shape index (κ3) is 3.97. The van der Waals surface area contributed by atoms with Gasteiger partial charge in [-0.15, -0.1) is 0 Å². The molecule has 1 aliphatic rings. The van der Waals surface area contributed by atoms with Crippen LogP contribution in [0.1, 0.15) is 58.7 Å². The Bertz CT molecular complexity index is 469. The van der Waals surface area contributed by atoms with Crippen molar-refractivity contribution in [2.45, 2.75) is 59.5 Å². The minimum atomic E-state index is 0.0101. The topological polar surface area (TPSA) is 36.4 Å². The molecular weight excluding hydrogens is 260 g/mol. The van der Waals surface area contributed by atoms with Gasteiger partial charge in [0, 0.05) is 24.2 Å². The van der Waals surface area contributed by atoms with Crippen LogP contribution in [0.15, 0.2) is 12.1 Å². The molecule has 1 saturated heterocycles. The number of pyridine rings is 1. The molecule has 3 heteroatoms. The van der Waals surface area contributed by atoms with Crippen LogP contribution in [0.25, 0.3) is 0 Å². The molecule has 0 atom stereocenters. The normalized spacial score (nSPS) is 17.6. The zero-order valence-electron chi connectivity index (χ0n) is 14.2. The molecule has 2 rings (SSSR count). The molecule has 0 saturated carbocycles. The van der Waals surface area contributed by atoms with Gasteiger partial charge in [-0.25, -0.2) is 4.98 Å². The lowest BCUT2D eigenvalue weighted by Crippen LogP contribution is -2.36. The summed E-state index contributed by atoms with van der Waals surface area (Å²) < 4.78 is 0. The molecular formula is C18H30N2O. The van der Waals surface area contributed by atoms with Crippen LogP contribution in [-0.2, 0) is 12.0 Å². The summed E-state index contributed by atoms with van der Waals surface area (Å²) in [6.45, 7) is 13.4. The molecule has 1 fully saturated rings. The fraction of sp³-hybridized carbons (Fsp3) is 0.722. The smallest absolute Gasteiger partial charge is 0.129 e. The van der Waals surface area contributed by atoms with E-state index in [1.165, 1.54) is 12.8 Å². The highest BCUT2D eigenvalue weighted by Gasteiger charge is 2.24. The molecule has 1 N–H and O–H groups in total. The predicted molar refractivity (Wildman–Crippen MR) is 88.6 cm³/mol. The maximum absolute atomic E-state index is 9.52. The first kappa shape index (κ1) is 16.3. The third-order valence-electron chi connectivity index (χ3n) is 4.63. The van der Waals surface area contributed by atoms with E-state index in [2.05, 4.69) is 39.5 Å². The Morgan fingerprint density at radius 1 is 1.24 bits per heavy atom. The van der Waals surface area contributed by atoms with Gasteiger partial charge in [0.1, 0.15) is 5.82 Å². The number of rotatable bonds is 3. The molecule has 1 aromatic rings. The van der Waals surface area contributed by atoms with Gasteiger partial charge in [-0.3, -0.25) is 0 Å². The second-order valence-electron chi connectivity index (χ2n) is 7.70. The van der Waals surface area contributed by atoms with E-state index in [-0.39, 0.29) is 12.0 Å². The lowest BCUT2D eigenvalue weighted by molar-refractivity contribution is 0.281. The molecule has 1 aromatic heterocycles. The molecule has 0 spiro atoms. The average Bonchev–Trinajstić information content (AvgIpc) is 2.46. The summed E-state index contributed by atoms with van der Waals surface area (Å²) in [5.41, 5.74) is 2.04. The highest BCUT2D eigenvalue weighted by molar-refractivity contribution is 5.44. The quantitative estimate of drug-likeness (QED) is 0.921. The van der Waals surface area contributed by atoms with Crippen LogP contribution in [-0.4, -0.2) is 23.2 Å². The summed E-state index contributed by atoms with van der Waals surface area (Å²) in [7, 11) is 0. The van der Waals surface area contributed by atoms with Crippen molar-refractivity contribution in [1.82, 2.24) is 4.98 Å². The van der Waals surface area contributed by atoms with Crippen molar-refractivity contribution >= 4 is 5.82 Å². The van der Waals surface area contributed by atoms with E-state index in [1.807, 2.05) is 12.1 Å². The van der Waals surface area contributed by atoms with E-state index in [1.54, 1.807) is 0 Å². The largest absolute Gasteiger partial charge is 0.392 e. The summed E-state index contributed by atoms with van der Waals surface area (Å²) in [6, 6.07) is 4.08. The Labute approximate surface area is 129 Å². The molecule has 0 aromatic carbocycles. The Morgan fingerprint density at radius 2 is 1.86 bits per heavy atom. The number of nitrogens with zero attached hydrogens (tertiary/aromatic N) is 2. The minimum absolute atomic E-state index is 0.0101. The van der Waals surface area contributed by atoms with Gasteiger partial charge in [-0.2, -0.15) is 0 Å². The van der Waals surface area contributed by atoms with E-state index in [0.717, 1.165) is 42.0 Å². The van der Waals surface area contributed by atoms with E-state index in [9.17, 15) is 5.11 Å². The van der Waals surface area contributed by atoms with Gasteiger partial charge in [0.25, 0.3) is 0 Å². The van der Waals surface area contributed by atoms with Crippen molar-refractivity contribution in [3.63, 3.8) is 0 Å². The van der Waals surface area contributed by atoms with Crippen LogP contribution in [0.4, 0.5) is 5.82 Å². The summed E-state index contributed by atoms with van der Waals surface area (Å²) in [5.74, 6) is 2.65. The van der Waals surface area contributed by atoms with Gasteiger partial charge in [-0.05, 0) is 42.4 Å². The first-order valence-electron chi connectivity index (χ1n) is 8.18. The summed E-state index contributed by atoms with van der Waals surface area (Å²) >= 11 is 0. The zero-order valence-corrected chi connectivity index (χ0v) is 14.2. The molecule has 21 heavy (non-hydrogen) atoms. The number of aliphatic hydroxyl groups is 1. The number of hydrogen-bond acceptors (Lipinski definition) is 3. The number of aliphatic hydroxyl groups excluding tert-OH is 1. The maximum atomic E-state index is 9.52. The molecule has 0 unspecified atom stereocenters. The van der Waals surface area contributed by atoms with Crippen LogP contribution >= 0.6 is 0 Å². The first-order chi connectivity index (χ1) is 9.81. The maximum Gasteiger partial charge on any atom is 0.129 e. The molecule has 0 amide bonds. The fourth-order valence-corrected chi connectivity index (χ4v) is 3.00. The van der Waals surface area contributed by atoms with Crippen LogP contribution in [0.5, 0.6) is 0 Å². The van der Waals surface area contributed by atoms with Gasteiger partial charge in [0.15, 0.2) is 0 Å². The van der Waals surface area contributed by atoms with Crippen LogP contribution < -0.4 is 4.90 Å². The molecule has 1 aliphatic heterocycles. The van der Waals surface area contributed by atoms with E-state index in [0.29, 0.717) is 0 Å². The standard InChI is InChI=1S/C18H30N2O/c1-13(2)15-6-8-20(9-7-15)17-11-14(12-21)10-16(19-17)18(3,4)5/h10-11,13,15,21H,6-9,12H2,1-5H3. The second-order valence-corrected chi connectivity index (χ2v) is 7.70.